The number of pyridine rings is 1. The van der Waals surface area contributed by atoms with Gasteiger partial charge in [0.2, 0.25) is 0 Å². The SMILES string of the molecule is c1ccc(Cc2nc3n(n2)CCN(CCc2cccnc2)CC3)cc1. The Bertz CT molecular complexity index is 772. The first-order valence-electron chi connectivity index (χ1n) is 8.94. The van der Waals surface area contributed by atoms with Crippen molar-refractivity contribution in [3.63, 3.8) is 0 Å². The lowest BCUT2D eigenvalue weighted by atomic mass is 10.1. The fourth-order valence-electron chi connectivity index (χ4n) is 3.31. The molecule has 0 saturated carbocycles. The van der Waals surface area contributed by atoms with Crippen LogP contribution < -0.4 is 0 Å². The number of nitrogens with zero attached hydrogens (tertiary/aromatic N) is 5. The minimum Gasteiger partial charge on any atom is -0.301 e. The quantitative estimate of drug-likeness (QED) is 0.719. The summed E-state index contributed by atoms with van der Waals surface area (Å²) in [5, 5.41) is 4.73. The Labute approximate surface area is 148 Å². The second-order valence-corrected chi connectivity index (χ2v) is 6.53. The van der Waals surface area contributed by atoms with Gasteiger partial charge in [0.1, 0.15) is 5.82 Å². The van der Waals surface area contributed by atoms with Gasteiger partial charge in [-0.2, -0.15) is 5.10 Å². The molecule has 2 aromatic heterocycles. The number of hydrogen-bond acceptors (Lipinski definition) is 4. The fraction of sp³-hybridized carbons (Fsp3) is 0.350. The van der Waals surface area contributed by atoms with Gasteiger partial charge in [0.15, 0.2) is 5.82 Å². The van der Waals surface area contributed by atoms with Crippen LogP contribution in [-0.4, -0.2) is 44.3 Å². The zero-order valence-electron chi connectivity index (χ0n) is 14.4. The van der Waals surface area contributed by atoms with E-state index in [9.17, 15) is 0 Å². The summed E-state index contributed by atoms with van der Waals surface area (Å²) in [6, 6.07) is 14.6. The van der Waals surface area contributed by atoms with E-state index in [0.29, 0.717) is 0 Å². The van der Waals surface area contributed by atoms with Crippen molar-refractivity contribution in [1.82, 2.24) is 24.6 Å². The zero-order chi connectivity index (χ0) is 16.9. The van der Waals surface area contributed by atoms with Crippen LogP contribution >= 0.6 is 0 Å². The Morgan fingerprint density at radius 1 is 0.920 bits per heavy atom. The summed E-state index contributed by atoms with van der Waals surface area (Å²) in [5.41, 5.74) is 2.56. The van der Waals surface area contributed by atoms with Crippen molar-refractivity contribution in [3.05, 3.63) is 77.6 Å². The number of fused-ring (bicyclic) bond motifs is 1. The van der Waals surface area contributed by atoms with Crippen LogP contribution in [-0.2, 0) is 25.8 Å². The highest BCUT2D eigenvalue weighted by Crippen LogP contribution is 2.11. The molecule has 3 heterocycles. The summed E-state index contributed by atoms with van der Waals surface area (Å²) in [6.07, 6.45) is 6.61. The molecule has 0 saturated heterocycles. The molecule has 0 fully saturated rings. The van der Waals surface area contributed by atoms with Crippen LogP contribution in [0.5, 0.6) is 0 Å². The molecule has 0 radical (unpaired) electrons. The summed E-state index contributed by atoms with van der Waals surface area (Å²) in [4.78, 5) is 11.5. The molecular formula is C20H23N5. The largest absolute Gasteiger partial charge is 0.301 e. The first kappa shape index (κ1) is 16.0. The molecule has 5 heteroatoms. The second-order valence-electron chi connectivity index (χ2n) is 6.53. The van der Waals surface area contributed by atoms with E-state index in [1.165, 1.54) is 11.1 Å². The van der Waals surface area contributed by atoms with E-state index in [0.717, 1.165) is 57.1 Å². The number of benzene rings is 1. The topological polar surface area (TPSA) is 46.8 Å². The summed E-state index contributed by atoms with van der Waals surface area (Å²) in [6.45, 7) is 4.06. The van der Waals surface area contributed by atoms with E-state index in [-0.39, 0.29) is 0 Å². The molecule has 0 aliphatic carbocycles. The molecule has 0 bridgehead atoms. The first-order chi connectivity index (χ1) is 12.4. The fourth-order valence-corrected chi connectivity index (χ4v) is 3.31. The molecule has 0 spiro atoms. The van der Waals surface area contributed by atoms with Crippen molar-refractivity contribution in [2.24, 2.45) is 0 Å². The zero-order valence-corrected chi connectivity index (χ0v) is 14.4. The Hall–Kier alpha value is -2.53. The number of aromatic nitrogens is 4. The standard InChI is InChI=1S/C20H23N5/c1-2-5-17(6-3-1)15-19-22-20-9-12-24(13-14-25(20)23-19)11-8-18-7-4-10-21-16-18/h1-7,10,16H,8-9,11-15H2. The Kier molecular flexibility index (Phi) is 4.84. The molecule has 128 valence electrons. The smallest absolute Gasteiger partial charge is 0.155 e. The van der Waals surface area contributed by atoms with Crippen LogP contribution in [0.15, 0.2) is 54.9 Å². The summed E-state index contributed by atoms with van der Waals surface area (Å²) in [7, 11) is 0. The van der Waals surface area contributed by atoms with Crippen LogP contribution in [0.1, 0.15) is 22.8 Å². The van der Waals surface area contributed by atoms with Gasteiger partial charge in [-0.25, -0.2) is 9.67 Å². The van der Waals surface area contributed by atoms with Crippen molar-refractivity contribution < 1.29 is 0 Å². The van der Waals surface area contributed by atoms with Gasteiger partial charge in [-0.05, 0) is 23.6 Å². The third-order valence-electron chi connectivity index (χ3n) is 4.72. The number of hydrogen-bond donors (Lipinski definition) is 0. The maximum atomic E-state index is 4.77. The first-order valence-corrected chi connectivity index (χ1v) is 8.94. The highest BCUT2D eigenvalue weighted by Gasteiger charge is 2.17. The summed E-state index contributed by atoms with van der Waals surface area (Å²) >= 11 is 0. The molecule has 1 aliphatic rings. The average molecular weight is 333 g/mol. The van der Waals surface area contributed by atoms with Crippen molar-refractivity contribution in [3.8, 4) is 0 Å². The normalized spacial score (nSPS) is 14.9. The molecule has 25 heavy (non-hydrogen) atoms. The van der Waals surface area contributed by atoms with Crippen LogP contribution in [0.4, 0.5) is 0 Å². The van der Waals surface area contributed by atoms with Crippen LogP contribution in [0.25, 0.3) is 0 Å². The van der Waals surface area contributed by atoms with E-state index in [2.05, 4.69) is 44.9 Å². The number of rotatable bonds is 5. The molecule has 3 aromatic rings. The van der Waals surface area contributed by atoms with Crippen molar-refractivity contribution >= 4 is 0 Å². The van der Waals surface area contributed by atoms with Gasteiger partial charge >= 0.3 is 0 Å². The van der Waals surface area contributed by atoms with E-state index in [1.54, 1.807) is 0 Å². The van der Waals surface area contributed by atoms with Crippen molar-refractivity contribution in [2.45, 2.75) is 25.8 Å². The van der Waals surface area contributed by atoms with Crippen molar-refractivity contribution in [1.29, 1.82) is 0 Å². The summed E-state index contributed by atoms with van der Waals surface area (Å²) in [5.74, 6) is 2.06. The minimum atomic E-state index is 0.811. The Morgan fingerprint density at radius 2 is 1.80 bits per heavy atom. The van der Waals surface area contributed by atoms with Gasteiger partial charge in [-0.1, -0.05) is 36.4 Å². The third-order valence-corrected chi connectivity index (χ3v) is 4.72. The molecular weight excluding hydrogens is 310 g/mol. The van der Waals surface area contributed by atoms with E-state index in [1.807, 2.05) is 24.5 Å². The Morgan fingerprint density at radius 3 is 2.64 bits per heavy atom. The van der Waals surface area contributed by atoms with E-state index < -0.39 is 0 Å². The third kappa shape index (κ3) is 4.12. The lowest BCUT2D eigenvalue weighted by Gasteiger charge is -2.19. The van der Waals surface area contributed by atoms with Crippen LogP contribution in [0.2, 0.25) is 0 Å². The van der Waals surface area contributed by atoms with Gasteiger partial charge in [0.25, 0.3) is 0 Å². The monoisotopic (exact) mass is 333 g/mol. The van der Waals surface area contributed by atoms with Gasteiger partial charge < -0.3 is 4.90 Å². The van der Waals surface area contributed by atoms with Crippen molar-refractivity contribution in [2.75, 3.05) is 19.6 Å². The predicted molar refractivity (Wildman–Crippen MR) is 97.4 cm³/mol. The molecule has 5 nitrogen and oxygen atoms in total. The average Bonchev–Trinajstić information content (AvgIpc) is 2.94. The van der Waals surface area contributed by atoms with Crippen LogP contribution in [0, 0.1) is 0 Å². The van der Waals surface area contributed by atoms with Gasteiger partial charge in [-0.15, -0.1) is 0 Å². The van der Waals surface area contributed by atoms with Crippen LogP contribution in [0.3, 0.4) is 0 Å². The van der Waals surface area contributed by atoms with Gasteiger partial charge in [-0.3, -0.25) is 4.98 Å². The lowest BCUT2D eigenvalue weighted by molar-refractivity contribution is 0.280. The lowest BCUT2D eigenvalue weighted by Crippen LogP contribution is -2.29. The van der Waals surface area contributed by atoms with Gasteiger partial charge in [0, 0.05) is 44.9 Å². The molecule has 0 N–H and O–H groups in total. The predicted octanol–water partition coefficient (Wildman–Crippen LogP) is 2.36. The maximum Gasteiger partial charge on any atom is 0.155 e. The van der Waals surface area contributed by atoms with Gasteiger partial charge in [0.05, 0.1) is 6.54 Å². The molecule has 4 rings (SSSR count). The molecule has 0 amide bonds. The molecule has 0 atom stereocenters. The second kappa shape index (κ2) is 7.57. The Balaban J connectivity index is 1.34. The maximum absolute atomic E-state index is 4.77. The summed E-state index contributed by atoms with van der Waals surface area (Å²) < 4.78 is 2.10. The molecule has 0 unspecified atom stereocenters. The minimum absolute atomic E-state index is 0.811. The highest BCUT2D eigenvalue weighted by molar-refractivity contribution is 5.19. The van der Waals surface area contributed by atoms with E-state index >= 15 is 0 Å². The highest BCUT2D eigenvalue weighted by atomic mass is 15.4. The molecule has 1 aromatic carbocycles. The van der Waals surface area contributed by atoms with E-state index in [4.69, 9.17) is 10.1 Å². The molecule has 1 aliphatic heterocycles.